The Morgan fingerprint density at radius 3 is 2.55 bits per heavy atom. The topological polar surface area (TPSA) is 60.4 Å². The largest absolute Gasteiger partial charge is 0.378 e. The molecule has 1 amide bonds. The van der Waals surface area contributed by atoms with Crippen LogP contribution in [0.3, 0.4) is 0 Å². The third-order valence-electron chi connectivity index (χ3n) is 5.34. The lowest BCUT2D eigenvalue weighted by Crippen LogP contribution is -2.55. The van der Waals surface area contributed by atoms with E-state index in [1.807, 2.05) is 23.3 Å². The maximum atomic E-state index is 12.4. The van der Waals surface area contributed by atoms with Gasteiger partial charge in [0.25, 0.3) is 0 Å². The molecule has 1 atom stereocenters. The average Bonchev–Trinajstić information content (AvgIpc) is 3.23. The fourth-order valence-electron chi connectivity index (χ4n) is 3.66. The highest BCUT2D eigenvalue weighted by Crippen LogP contribution is 2.14. The molecule has 2 fully saturated rings. The molecule has 29 heavy (non-hydrogen) atoms. The van der Waals surface area contributed by atoms with E-state index in [4.69, 9.17) is 4.74 Å². The molecule has 7 nitrogen and oxygen atoms in total. The molecule has 164 valence electrons. The molecule has 2 aliphatic heterocycles. The fraction of sp³-hybridized carbons (Fsp3) is 0.700. The summed E-state index contributed by atoms with van der Waals surface area (Å²) in [6.45, 7) is 10.0. The number of halogens is 1. The summed E-state index contributed by atoms with van der Waals surface area (Å²) in [5.41, 5.74) is 0. The summed E-state index contributed by atoms with van der Waals surface area (Å²) in [7, 11) is 1.85. The number of nitrogens with zero attached hydrogens (tertiary/aromatic N) is 4. The maximum absolute atomic E-state index is 12.4. The van der Waals surface area contributed by atoms with Crippen molar-refractivity contribution < 1.29 is 9.53 Å². The molecule has 3 heterocycles. The van der Waals surface area contributed by atoms with E-state index >= 15 is 0 Å². The predicted octanol–water partition coefficient (Wildman–Crippen LogP) is 1.60. The zero-order valence-corrected chi connectivity index (χ0v) is 20.7. The van der Waals surface area contributed by atoms with Crippen molar-refractivity contribution in [3.8, 4) is 0 Å². The van der Waals surface area contributed by atoms with Gasteiger partial charge in [-0.3, -0.25) is 14.7 Å². The van der Waals surface area contributed by atoms with Crippen molar-refractivity contribution in [2.45, 2.75) is 13.3 Å². The van der Waals surface area contributed by atoms with E-state index in [0.717, 1.165) is 58.2 Å². The van der Waals surface area contributed by atoms with Crippen molar-refractivity contribution in [3.05, 3.63) is 22.4 Å². The number of hydrogen-bond acceptors (Lipinski definition) is 5. The summed E-state index contributed by atoms with van der Waals surface area (Å²) in [5, 5.41) is 5.67. The fourth-order valence-corrected chi connectivity index (χ4v) is 4.53. The number of amides is 1. The molecule has 0 aliphatic carbocycles. The summed E-state index contributed by atoms with van der Waals surface area (Å²) in [4.78, 5) is 24.8. The van der Waals surface area contributed by atoms with Crippen molar-refractivity contribution in [2.24, 2.45) is 10.9 Å². The lowest BCUT2D eigenvalue weighted by Gasteiger charge is -2.37. The molecule has 0 saturated carbocycles. The number of morpholine rings is 1. The number of ether oxygens (including phenoxy) is 1. The average molecular weight is 535 g/mol. The molecule has 1 N–H and O–H groups in total. The monoisotopic (exact) mass is 535 g/mol. The van der Waals surface area contributed by atoms with Crippen molar-refractivity contribution >= 4 is 47.2 Å². The van der Waals surface area contributed by atoms with Gasteiger partial charge in [-0.05, 0) is 23.8 Å². The predicted molar refractivity (Wildman–Crippen MR) is 129 cm³/mol. The van der Waals surface area contributed by atoms with Crippen LogP contribution in [-0.2, 0) is 16.0 Å². The van der Waals surface area contributed by atoms with Crippen LogP contribution in [0.1, 0.15) is 11.8 Å². The first-order valence-electron chi connectivity index (χ1n) is 10.2. The Bertz CT molecular complexity index is 629. The van der Waals surface area contributed by atoms with Gasteiger partial charge < -0.3 is 19.9 Å². The lowest BCUT2D eigenvalue weighted by molar-refractivity contribution is -0.136. The maximum Gasteiger partial charge on any atom is 0.236 e. The second kappa shape index (κ2) is 12.7. The molecule has 2 aliphatic rings. The Balaban J connectivity index is 0.00000300. The molecule has 1 unspecified atom stereocenters. The van der Waals surface area contributed by atoms with Crippen LogP contribution in [0, 0.1) is 5.92 Å². The van der Waals surface area contributed by atoms with Gasteiger partial charge >= 0.3 is 0 Å². The van der Waals surface area contributed by atoms with Crippen molar-refractivity contribution in [1.82, 2.24) is 20.0 Å². The highest BCUT2D eigenvalue weighted by molar-refractivity contribution is 14.0. The minimum absolute atomic E-state index is 0. The second-order valence-corrected chi connectivity index (χ2v) is 8.61. The number of guanidine groups is 1. The van der Waals surface area contributed by atoms with Gasteiger partial charge in [0.2, 0.25) is 5.91 Å². The Hall–Kier alpha value is -0.910. The van der Waals surface area contributed by atoms with Crippen LogP contribution in [0.25, 0.3) is 0 Å². The SMILES string of the molecule is CN=C(NCC(C)Cc1cccs1)N1CCN(CC(=O)N2CCOCC2)CC1.I. The van der Waals surface area contributed by atoms with Gasteiger partial charge in [0.1, 0.15) is 0 Å². The Kier molecular flexibility index (Phi) is 10.7. The summed E-state index contributed by atoms with van der Waals surface area (Å²) in [5.74, 6) is 1.75. The third kappa shape index (κ3) is 7.69. The van der Waals surface area contributed by atoms with Crippen molar-refractivity contribution in [3.63, 3.8) is 0 Å². The van der Waals surface area contributed by atoms with Crippen LogP contribution in [0.2, 0.25) is 0 Å². The molecule has 0 spiro atoms. The standard InChI is InChI=1S/C20H33N5O2S.HI/c1-17(14-18-4-3-13-28-18)15-22-20(21-2)25-7-5-23(6-8-25)16-19(26)24-9-11-27-12-10-24;/h3-4,13,17H,5-12,14-16H2,1-2H3,(H,21,22);1H. The van der Waals surface area contributed by atoms with Crippen LogP contribution in [0.4, 0.5) is 0 Å². The van der Waals surface area contributed by atoms with Crippen LogP contribution in [0.15, 0.2) is 22.5 Å². The van der Waals surface area contributed by atoms with Gasteiger partial charge in [-0.2, -0.15) is 0 Å². The van der Waals surface area contributed by atoms with E-state index < -0.39 is 0 Å². The molecule has 9 heteroatoms. The van der Waals surface area contributed by atoms with Gasteiger partial charge in [-0.25, -0.2) is 0 Å². The first-order chi connectivity index (χ1) is 13.7. The molecule has 0 bridgehead atoms. The van der Waals surface area contributed by atoms with E-state index in [-0.39, 0.29) is 29.9 Å². The molecular weight excluding hydrogens is 501 g/mol. The number of carbonyl (C=O) groups is 1. The summed E-state index contributed by atoms with van der Waals surface area (Å²) < 4.78 is 5.33. The number of rotatable bonds is 6. The van der Waals surface area contributed by atoms with Crippen LogP contribution in [-0.4, -0.2) is 99.2 Å². The van der Waals surface area contributed by atoms with Crippen LogP contribution in [0.5, 0.6) is 0 Å². The van der Waals surface area contributed by atoms with E-state index in [9.17, 15) is 4.79 Å². The number of thiophene rings is 1. The zero-order chi connectivity index (χ0) is 19.8. The van der Waals surface area contributed by atoms with Crippen molar-refractivity contribution in [1.29, 1.82) is 0 Å². The Morgan fingerprint density at radius 2 is 1.93 bits per heavy atom. The normalized spacial score (nSPS) is 19.6. The molecule has 3 rings (SSSR count). The number of piperazine rings is 1. The minimum atomic E-state index is 0. The number of hydrogen-bond donors (Lipinski definition) is 1. The Morgan fingerprint density at radius 1 is 1.21 bits per heavy atom. The van der Waals surface area contributed by atoms with Gasteiger partial charge in [0.05, 0.1) is 19.8 Å². The van der Waals surface area contributed by atoms with E-state index in [1.165, 1.54) is 4.88 Å². The van der Waals surface area contributed by atoms with E-state index in [0.29, 0.717) is 25.7 Å². The summed E-state index contributed by atoms with van der Waals surface area (Å²) in [6, 6.07) is 4.32. The van der Waals surface area contributed by atoms with Gasteiger partial charge in [-0.15, -0.1) is 35.3 Å². The molecule has 2 saturated heterocycles. The quantitative estimate of drug-likeness (QED) is 0.341. The smallest absolute Gasteiger partial charge is 0.236 e. The minimum Gasteiger partial charge on any atom is -0.378 e. The highest BCUT2D eigenvalue weighted by atomic mass is 127. The molecule has 1 aromatic rings. The van der Waals surface area contributed by atoms with E-state index in [1.54, 1.807) is 0 Å². The third-order valence-corrected chi connectivity index (χ3v) is 6.24. The van der Waals surface area contributed by atoms with Crippen LogP contribution < -0.4 is 5.32 Å². The van der Waals surface area contributed by atoms with E-state index in [2.05, 4.69) is 44.5 Å². The van der Waals surface area contributed by atoms with Crippen molar-refractivity contribution in [2.75, 3.05) is 72.6 Å². The van der Waals surface area contributed by atoms with Crippen LogP contribution >= 0.6 is 35.3 Å². The molecular formula is C20H34IN5O2S. The number of carbonyl (C=O) groups excluding carboxylic acids is 1. The molecule has 0 aromatic carbocycles. The van der Waals surface area contributed by atoms with Gasteiger partial charge in [-0.1, -0.05) is 13.0 Å². The highest BCUT2D eigenvalue weighted by Gasteiger charge is 2.24. The molecule has 0 radical (unpaired) electrons. The number of aliphatic imine (C=N–C) groups is 1. The summed E-state index contributed by atoms with van der Waals surface area (Å²) >= 11 is 1.82. The van der Waals surface area contributed by atoms with Gasteiger partial charge in [0, 0.05) is 57.7 Å². The first-order valence-corrected chi connectivity index (χ1v) is 11.1. The molecule has 1 aromatic heterocycles. The van der Waals surface area contributed by atoms with Gasteiger partial charge in [0.15, 0.2) is 5.96 Å². The first kappa shape index (κ1) is 24.4. The summed E-state index contributed by atoms with van der Waals surface area (Å²) in [6.07, 6.45) is 1.10. The lowest BCUT2D eigenvalue weighted by atomic mass is 10.1. The number of nitrogens with one attached hydrogen (secondary N) is 1. The Labute approximate surface area is 195 Å². The second-order valence-electron chi connectivity index (χ2n) is 7.57. The zero-order valence-electron chi connectivity index (χ0n) is 17.5.